The summed E-state index contributed by atoms with van der Waals surface area (Å²) in [5.74, 6) is 0.955. The molecule has 0 atom stereocenters. The molecular weight excluding hydrogens is 839 g/mol. The smallest absolute Gasteiger partial charge is 0.149 e. The summed E-state index contributed by atoms with van der Waals surface area (Å²) in [6.07, 6.45) is 1.93. The highest BCUT2D eigenvalue weighted by Crippen LogP contribution is 2.46. The van der Waals surface area contributed by atoms with Gasteiger partial charge in [0.25, 0.3) is 0 Å². The topological polar surface area (TPSA) is 50.9 Å². The highest BCUT2D eigenvalue weighted by Gasteiger charge is 2.30. The first-order chi connectivity index (χ1) is 32.6. The molecule has 2 aromatic heterocycles. The number of aromatic hydroxyl groups is 1. The van der Waals surface area contributed by atoms with E-state index in [0.717, 1.165) is 72.5 Å². The fourth-order valence-corrected chi connectivity index (χ4v) is 9.53. The highest BCUT2D eigenvalue weighted by molar-refractivity contribution is 5.98. The molecule has 0 bridgehead atoms. The molecule has 0 aliphatic heterocycles. The first-order valence-electron chi connectivity index (χ1n) is 24.5. The molecule has 9 rings (SSSR count). The average molecular weight is 906 g/mol. The number of phenolic OH excluding ortho intramolecular Hbond substituents is 1. The fraction of sp³-hybridized carbons (Fsp3) is 0.262. The maximum atomic E-state index is 12.6. The van der Waals surface area contributed by atoms with Gasteiger partial charge in [-0.05, 0) is 133 Å². The van der Waals surface area contributed by atoms with Crippen molar-refractivity contribution in [3.8, 4) is 78.6 Å². The third-order valence-corrected chi connectivity index (χ3v) is 13.7. The number of nitrogens with zero attached hydrogens (tertiary/aromatic N) is 3. The van der Waals surface area contributed by atoms with E-state index in [1.54, 1.807) is 0 Å². The number of benzene rings is 7. The second-order valence-electron chi connectivity index (χ2n) is 23.1. The van der Waals surface area contributed by atoms with E-state index in [2.05, 4.69) is 252 Å². The minimum atomic E-state index is -0.328. The van der Waals surface area contributed by atoms with E-state index >= 15 is 0 Å². The van der Waals surface area contributed by atoms with E-state index in [9.17, 15) is 5.11 Å². The number of pyridine rings is 1. The number of hydrogen-bond donors (Lipinski definition) is 1. The van der Waals surface area contributed by atoms with Crippen LogP contribution in [0.15, 0.2) is 164 Å². The monoisotopic (exact) mass is 906 g/mol. The van der Waals surface area contributed by atoms with Gasteiger partial charge in [0.2, 0.25) is 0 Å². The number of imidazole rings is 1. The summed E-state index contributed by atoms with van der Waals surface area (Å²) in [4.78, 5) is 10.7. The largest absolute Gasteiger partial charge is 0.507 e. The van der Waals surface area contributed by atoms with Gasteiger partial charge in [-0.15, -0.1) is 0 Å². The summed E-state index contributed by atoms with van der Waals surface area (Å²) in [5.41, 5.74) is 19.5. The van der Waals surface area contributed by atoms with Crippen molar-refractivity contribution in [2.45, 2.75) is 112 Å². The van der Waals surface area contributed by atoms with Crippen LogP contribution in [0.5, 0.6) is 5.75 Å². The van der Waals surface area contributed by atoms with Gasteiger partial charge in [-0.2, -0.15) is 0 Å². The molecule has 4 heteroatoms. The summed E-state index contributed by atoms with van der Waals surface area (Å²) in [6.45, 7) is 29.0. The zero-order valence-corrected chi connectivity index (χ0v) is 42.9. The Labute approximate surface area is 410 Å². The average Bonchev–Trinajstić information content (AvgIpc) is 3.70. The standard InChI is InChI=1S/C65H67N3O/c1-41-33-44(27-29-51(41)42-21-16-14-17-22-42)45-31-32-66-56(37-45)47-34-46(35-49(36-47)63(5,6)7)52-25-20-26-58-59(52)67-61(54-39-50(64(8,9)10)40-55(60(54)69)65(11,12)13)68(58)57-30-28-48(62(2,3)4)38-53(57)43-23-18-15-19-24-43/h14-40,69H,1-13H3. The zero-order valence-electron chi connectivity index (χ0n) is 42.9. The van der Waals surface area contributed by atoms with Crippen molar-refractivity contribution in [1.29, 1.82) is 0 Å². The highest BCUT2D eigenvalue weighted by atomic mass is 16.3. The lowest BCUT2D eigenvalue weighted by molar-refractivity contribution is 0.446. The molecule has 348 valence electrons. The Hall–Kier alpha value is -7.04. The maximum Gasteiger partial charge on any atom is 0.149 e. The maximum absolute atomic E-state index is 12.6. The molecule has 9 aromatic rings. The molecule has 0 radical (unpaired) electrons. The quantitative estimate of drug-likeness (QED) is 0.173. The Bertz CT molecular complexity index is 3360. The van der Waals surface area contributed by atoms with E-state index in [1.165, 1.54) is 27.8 Å². The SMILES string of the molecule is Cc1cc(-c2ccnc(-c3cc(-c4cccc5c4nc(-c4cc(C(C)(C)C)cc(C(C)(C)C)c4O)n5-c4ccc(C(C)(C)C)cc4-c4ccccc4)cc(C(C)(C)C)c3)c2)ccc1-c1ccccc1. The number of hydrogen-bond acceptors (Lipinski definition) is 3. The van der Waals surface area contributed by atoms with Gasteiger partial charge in [0.1, 0.15) is 11.6 Å². The predicted octanol–water partition coefficient (Wildman–Crippen LogP) is 17.6. The number of rotatable bonds is 7. The van der Waals surface area contributed by atoms with Gasteiger partial charge in [-0.1, -0.05) is 192 Å². The Morgan fingerprint density at radius 3 is 1.64 bits per heavy atom. The fourth-order valence-electron chi connectivity index (χ4n) is 9.53. The molecule has 69 heavy (non-hydrogen) atoms. The van der Waals surface area contributed by atoms with Crippen LogP contribution in [0.3, 0.4) is 0 Å². The van der Waals surface area contributed by atoms with E-state index in [0.29, 0.717) is 11.4 Å². The van der Waals surface area contributed by atoms with Crippen molar-refractivity contribution < 1.29 is 5.11 Å². The minimum Gasteiger partial charge on any atom is -0.507 e. The van der Waals surface area contributed by atoms with Crippen molar-refractivity contribution >= 4 is 11.0 Å². The van der Waals surface area contributed by atoms with E-state index in [-0.39, 0.29) is 27.4 Å². The Morgan fingerprint density at radius 2 is 1.01 bits per heavy atom. The van der Waals surface area contributed by atoms with Crippen molar-refractivity contribution in [2.24, 2.45) is 0 Å². The van der Waals surface area contributed by atoms with Crippen LogP contribution in [-0.2, 0) is 21.7 Å². The van der Waals surface area contributed by atoms with Crippen molar-refractivity contribution in [1.82, 2.24) is 14.5 Å². The molecule has 0 saturated heterocycles. The summed E-state index contributed by atoms with van der Waals surface area (Å²) < 4.78 is 2.30. The molecular formula is C65H67N3O. The number of para-hydroxylation sites is 1. The van der Waals surface area contributed by atoms with Gasteiger partial charge in [-0.3, -0.25) is 9.55 Å². The second kappa shape index (κ2) is 17.5. The Kier molecular flexibility index (Phi) is 11.9. The summed E-state index contributed by atoms with van der Waals surface area (Å²) >= 11 is 0. The van der Waals surface area contributed by atoms with Gasteiger partial charge < -0.3 is 5.11 Å². The third-order valence-electron chi connectivity index (χ3n) is 13.7. The molecule has 0 aliphatic carbocycles. The van der Waals surface area contributed by atoms with Crippen LogP contribution >= 0.6 is 0 Å². The summed E-state index contributed by atoms with van der Waals surface area (Å²) in [5, 5.41) is 12.6. The molecule has 0 fully saturated rings. The van der Waals surface area contributed by atoms with Crippen LogP contribution in [0.25, 0.3) is 83.9 Å². The predicted molar refractivity (Wildman–Crippen MR) is 293 cm³/mol. The molecule has 0 spiro atoms. The van der Waals surface area contributed by atoms with Gasteiger partial charge >= 0.3 is 0 Å². The van der Waals surface area contributed by atoms with Crippen LogP contribution in [0, 0.1) is 6.92 Å². The van der Waals surface area contributed by atoms with Crippen molar-refractivity contribution in [3.05, 3.63) is 192 Å². The van der Waals surface area contributed by atoms with Crippen LogP contribution < -0.4 is 0 Å². The normalized spacial score (nSPS) is 12.5. The summed E-state index contributed by atoms with van der Waals surface area (Å²) in [7, 11) is 0. The van der Waals surface area contributed by atoms with E-state index in [1.807, 2.05) is 6.20 Å². The molecule has 2 heterocycles. The first kappa shape index (κ1) is 47.0. The molecule has 0 saturated carbocycles. The Balaban J connectivity index is 1.30. The summed E-state index contributed by atoms with van der Waals surface area (Å²) in [6, 6.07) is 57.0. The second-order valence-corrected chi connectivity index (χ2v) is 23.1. The van der Waals surface area contributed by atoms with Crippen LogP contribution in [0.2, 0.25) is 0 Å². The number of aromatic nitrogens is 3. The van der Waals surface area contributed by atoms with Crippen molar-refractivity contribution in [3.63, 3.8) is 0 Å². The lowest BCUT2D eigenvalue weighted by atomic mass is 9.79. The molecule has 1 N–H and O–H groups in total. The van der Waals surface area contributed by atoms with Gasteiger partial charge in [0.05, 0.1) is 28.0 Å². The van der Waals surface area contributed by atoms with Crippen molar-refractivity contribution in [2.75, 3.05) is 0 Å². The van der Waals surface area contributed by atoms with Gasteiger partial charge in [0.15, 0.2) is 0 Å². The molecule has 7 aromatic carbocycles. The third kappa shape index (κ3) is 9.30. The number of aryl methyl sites for hydroxylation is 1. The Morgan fingerprint density at radius 1 is 0.420 bits per heavy atom. The van der Waals surface area contributed by atoms with Gasteiger partial charge in [0, 0.05) is 28.5 Å². The number of phenols is 1. The van der Waals surface area contributed by atoms with Crippen LogP contribution in [0.1, 0.15) is 111 Å². The van der Waals surface area contributed by atoms with Crippen LogP contribution in [-0.4, -0.2) is 19.6 Å². The molecule has 4 nitrogen and oxygen atoms in total. The molecule has 0 amide bonds. The minimum absolute atomic E-state index is 0.0773. The zero-order chi connectivity index (χ0) is 49.2. The van der Waals surface area contributed by atoms with E-state index in [4.69, 9.17) is 9.97 Å². The first-order valence-corrected chi connectivity index (χ1v) is 24.5. The molecule has 0 aliphatic rings. The lowest BCUT2D eigenvalue weighted by Crippen LogP contribution is -2.17. The lowest BCUT2D eigenvalue weighted by Gasteiger charge is -2.28. The van der Waals surface area contributed by atoms with E-state index < -0.39 is 0 Å². The van der Waals surface area contributed by atoms with Gasteiger partial charge in [-0.25, -0.2) is 4.98 Å². The number of fused-ring (bicyclic) bond motifs is 1. The molecule has 0 unspecified atom stereocenters. The van der Waals surface area contributed by atoms with Crippen LogP contribution in [0.4, 0.5) is 0 Å².